The van der Waals surface area contributed by atoms with Crippen molar-refractivity contribution >= 4 is 35.0 Å². The van der Waals surface area contributed by atoms with Crippen LogP contribution in [0.15, 0.2) is 30.6 Å². The Morgan fingerprint density at radius 2 is 1.83 bits per heavy atom. The highest BCUT2D eigenvalue weighted by atomic mass is 35.5. The molecule has 1 unspecified atom stereocenters. The molecule has 1 aliphatic carbocycles. The molecule has 1 spiro atoms. The highest BCUT2D eigenvalue weighted by Crippen LogP contribution is 2.50. The Morgan fingerprint density at radius 3 is 2.53 bits per heavy atom. The van der Waals surface area contributed by atoms with Crippen LogP contribution < -0.4 is 10.2 Å². The fraction of sp³-hybridized carbons (Fsp3) is 0.409. The van der Waals surface area contributed by atoms with E-state index in [0.717, 1.165) is 31.4 Å². The minimum atomic E-state index is -0.477. The van der Waals surface area contributed by atoms with E-state index < -0.39 is 5.92 Å². The molecule has 2 saturated heterocycles. The van der Waals surface area contributed by atoms with Crippen molar-refractivity contribution in [1.29, 1.82) is 0 Å². The number of rotatable bonds is 3. The number of nitrogens with zero attached hydrogens (tertiary/aromatic N) is 3. The predicted octanol–water partition coefficient (Wildman–Crippen LogP) is 3.37. The molecule has 3 heterocycles. The van der Waals surface area contributed by atoms with Crippen molar-refractivity contribution < 1.29 is 14.4 Å². The second-order valence-electron chi connectivity index (χ2n) is 8.28. The molecule has 3 amide bonds. The quantitative estimate of drug-likeness (QED) is 0.762. The van der Waals surface area contributed by atoms with E-state index in [1.807, 2.05) is 11.0 Å². The van der Waals surface area contributed by atoms with Gasteiger partial charge in [0.25, 0.3) is 0 Å². The van der Waals surface area contributed by atoms with Gasteiger partial charge in [0.1, 0.15) is 0 Å². The van der Waals surface area contributed by atoms with E-state index in [9.17, 15) is 14.4 Å². The van der Waals surface area contributed by atoms with Crippen LogP contribution in [0.4, 0.5) is 5.69 Å². The molecule has 0 bridgehead atoms. The number of piperidine rings is 2. The van der Waals surface area contributed by atoms with Gasteiger partial charge < -0.3 is 4.90 Å². The number of hydrogen-bond donors (Lipinski definition) is 1. The summed E-state index contributed by atoms with van der Waals surface area (Å²) in [5.74, 6) is -0.502. The summed E-state index contributed by atoms with van der Waals surface area (Å²) in [5.41, 5.74) is 1.97. The third-order valence-corrected chi connectivity index (χ3v) is 6.79. The third kappa shape index (κ3) is 3.17. The molecular weight excluding hydrogens is 404 g/mol. The smallest absolute Gasteiger partial charge is 0.234 e. The van der Waals surface area contributed by atoms with Gasteiger partial charge in [-0.1, -0.05) is 23.7 Å². The number of hydrogen-bond acceptors (Lipinski definition) is 5. The lowest BCUT2D eigenvalue weighted by atomic mass is 9.89. The molecule has 1 atom stereocenters. The fourth-order valence-corrected chi connectivity index (χ4v) is 4.99. The number of imide groups is 1. The molecule has 5 rings (SSSR count). The first-order valence-electron chi connectivity index (χ1n) is 10.3. The van der Waals surface area contributed by atoms with Gasteiger partial charge in [-0.25, -0.2) is 9.97 Å². The number of carbonyl (C=O) groups is 3. The molecule has 7 nitrogen and oxygen atoms in total. The van der Waals surface area contributed by atoms with Crippen molar-refractivity contribution in [2.45, 2.75) is 56.4 Å². The molecule has 1 N–H and O–H groups in total. The molecule has 3 fully saturated rings. The Hall–Kier alpha value is -2.80. The van der Waals surface area contributed by atoms with Crippen LogP contribution >= 0.6 is 11.6 Å². The van der Waals surface area contributed by atoms with Crippen molar-refractivity contribution in [2.75, 3.05) is 4.90 Å². The molecule has 8 heteroatoms. The first kappa shape index (κ1) is 19.2. The van der Waals surface area contributed by atoms with Gasteiger partial charge in [0.05, 0.1) is 29.0 Å². The van der Waals surface area contributed by atoms with Crippen LogP contribution in [-0.4, -0.2) is 33.2 Å². The van der Waals surface area contributed by atoms with Gasteiger partial charge in [-0.15, -0.1) is 0 Å². The van der Waals surface area contributed by atoms with E-state index in [0.29, 0.717) is 34.8 Å². The first-order valence-corrected chi connectivity index (χ1v) is 10.6. The molecule has 2 aromatic rings. The summed E-state index contributed by atoms with van der Waals surface area (Å²) in [6, 6.07) is 5.41. The average Bonchev–Trinajstić information content (AvgIpc) is 3.49. The van der Waals surface area contributed by atoms with Gasteiger partial charge in [0, 0.05) is 23.9 Å². The van der Waals surface area contributed by atoms with Crippen LogP contribution in [0.2, 0.25) is 5.02 Å². The van der Waals surface area contributed by atoms with Crippen LogP contribution in [0.5, 0.6) is 0 Å². The standard InChI is InChI=1S/C22H21ClN4O3/c23-19-14(15-6-7-17(28)26-21(15)30)3-1-4-16(19)20-24-11-13(12-25-20)27-18(29)5-2-8-22(27)9-10-22/h1,3-4,11-12,15H,2,5-10H2,(H,26,28,30). The van der Waals surface area contributed by atoms with Crippen molar-refractivity contribution in [2.24, 2.45) is 0 Å². The summed E-state index contributed by atoms with van der Waals surface area (Å²) in [4.78, 5) is 47.1. The Bertz CT molecular complexity index is 1050. The Kier molecular flexibility index (Phi) is 4.58. The molecule has 1 aromatic carbocycles. The lowest BCUT2D eigenvalue weighted by Gasteiger charge is -2.35. The molecule has 1 saturated carbocycles. The predicted molar refractivity (Wildman–Crippen MR) is 111 cm³/mol. The van der Waals surface area contributed by atoms with E-state index in [1.54, 1.807) is 24.5 Å². The minimum Gasteiger partial charge on any atom is -0.303 e. The van der Waals surface area contributed by atoms with E-state index in [1.165, 1.54) is 0 Å². The average molecular weight is 425 g/mol. The second kappa shape index (κ2) is 7.16. The van der Waals surface area contributed by atoms with E-state index in [2.05, 4.69) is 15.3 Å². The number of amides is 3. The SMILES string of the molecule is O=C1CCC(c2cccc(-c3ncc(N4C(=O)CCCC45CC5)cn3)c2Cl)C(=O)N1. The zero-order valence-corrected chi connectivity index (χ0v) is 17.1. The Balaban J connectivity index is 1.45. The van der Waals surface area contributed by atoms with Gasteiger partial charge in [0.15, 0.2) is 5.82 Å². The fourth-order valence-electron chi connectivity index (χ4n) is 4.65. The lowest BCUT2D eigenvalue weighted by molar-refractivity contribution is -0.134. The number of aromatic nitrogens is 2. The van der Waals surface area contributed by atoms with Gasteiger partial charge in [0.2, 0.25) is 17.7 Å². The molecule has 3 aliphatic rings. The molecule has 2 aliphatic heterocycles. The van der Waals surface area contributed by atoms with E-state index >= 15 is 0 Å². The summed E-state index contributed by atoms with van der Waals surface area (Å²) in [7, 11) is 0. The first-order chi connectivity index (χ1) is 14.5. The largest absolute Gasteiger partial charge is 0.303 e. The molecule has 1 aromatic heterocycles. The van der Waals surface area contributed by atoms with Crippen LogP contribution in [0.3, 0.4) is 0 Å². The maximum atomic E-state index is 12.5. The molecule has 30 heavy (non-hydrogen) atoms. The van der Waals surface area contributed by atoms with Gasteiger partial charge >= 0.3 is 0 Å². The van der Waals surface area contributed by atoms with Crippen molar-refractivity contribution in [3.8, 4) is 11.4 Å². The number of carbonyl (C=O) groups excluding carboxylic acids is 3. The zero-order valence-electron chi connectivity index (χ0n) is 16.4. The third-order valence-electron chi connectivity index (χ3n) is 6.36. The van der Waals surface area contributed by atoms with Crippen LogP contribution in [0.1, 0.15) is 56.4 Å². The second-order valence-corrected chi connectivity index (χ2v) is 8.66. The molecule has 154 valence electrons. The lowest BCUT2D eigenvalue weighted by Crippen LogP contribution is -2.45. The van der Waals surface area contributed by atoms with Gasteiger partial charge in [-0.05, 0) is 43.7 Å². The maximum Gasteiger partial charge on any atom is 0.234 e. The topological polar surface area (TPSA) is 92.3 Å². The Morgan fingerprint density at radius 1 is 1.07 bits per heavy atom. The van der Waals surface area contributed by atoms with E-state index in [4.69, 9.17) is 11.6 Å². The maximum absolute atomic E-state index is 12.5. The van der Waals surface area contributed by atoms with Crippen molar-refractivity contribution in [1.82, 2.24) is 15.3 Å². The van der Waals surface area contributed by atoms with Crippen LogP contribution in [-0.2, 0) is 14.4 Å². The number of anilines is 1. The minimum absolute atomic E-state index is 0.0381. The van der Waals surface area contributed by atoms with Gasteiger partial charge in [-0.3, -0.25) is 19.7 Å². The molecule has 0 radical (unpaired) electrons. The highest BCUT2D eigenvalue weighted by Gasteiger charge is 2.52. The van der Waals surface area contributed by atoms with E-state index in [-0.39, 0.29) is 29.7 Å². The summed E-state index contributed by atoms with van der Waals surface area (Å²) >= 11 is 6.64. The Labute approximate surface area is 178 Å². The normalized spacial score (nSPS) is 22.9. The van der Waals surface area contributed by atoms with Crippen molar-refractivity contribution in [3.63, 3.8) is 0 Å². The summed E-state index contributed by atoms with van der Waals surface area (Å²) in [5, 5.41) is 2.78. The summed E-state index contributed by atoms with van der Waals surface area (Å²) in [6.07, 6.45) is 8.66. The monoisotopic (exact) mass is 424 g/mol. The number of halogens is 1. The summed E-state index contributed by atoms with van der Waals surface area (Å²) in [6.45, 7) is 0. The number of nitrogens with one attached hydrogen (secondary N) is 1. The van der Waals surface area contributed by atoms with Crippen LogP contribution in [0.25, 0.3) is 11.4 Å². The van der Waals surface area contributed by atoms with Gasteiger partial charge in [-0.2, -0.15) is 0 Å². The van der Waals surface area contributed by atoms with Crippen molar-refractivity contribution in [3.05, 3.63) is 41.2 Å². The summed E-state index contributed by atoms with van der Waals surface area (Å²) < 4.78 is 0. The molecular formula is C22H21ClN4O3. The van der Waals surface area contributed by atoms with Crippen LogP contribution in [0, 0.1) is 0 Å². The highest BCUT2D eigenvalue weighted by molar-refractivity contribution is 6.34. The number of benzene rings is 1. The zero-order chi connectivity index (χ0) is 20.9.